The van der Waals surface area contributed by atoms with Crippen LogP contribution in [0.3, 0.4) is 0 Å². The van der Waals surface area contributed by atoms with E-state index in [0.717, 1.165) is 37.3 Å². The van der Waals surface area contributed by atoms with Gasteiger partial charge in [0.25, 0.3) is 0 Å². The van der Waals surface area contributed by atoms with Crippen LogP contribution < -0.4 is 0 Å². The summed E-state index contributed by atoms with van der Waals surface area (Å²) in [6.45, 7) is 1.66. The van der Waals surface area contributed by atoms with Gasteiger partial charge in [-0.25, -0.2) is 4.98 Å². The molecule has 2 aromatic rings. The molecule has 1 saturated heterocycles. The molecule has 1 N–H and O–H groups in total. The van der Waals surface area contributed by atoms with E-state index in [1.165, 1.54) is 0 Å². The summed E-state index contributed by atoms with van der Waals surface area (Å²) < 4.78 is 0. The predicted molar refractivity (Wildman–Crippen MR) is 77.3 cm³/mol. The minimum absolute atomic E-state index is 0.231. The number of likely N-dealkylation sites (tertiary alicyclic amines) is 1. The Morgan fingerprint density at radius 1 is 1.25 bits per heavy atom. The number of nitrogens with zero attached hydrogens (tertiary/aromatic N) is 2. The molecule has 1 aliphatic rings. The number of rotatable bonds is 3. The van der Waals surface area contributed by atoms with Crippen LogP contribution >= 0.6 is 0 Å². The average Bonchev–Trinajstić information content (AvgIpc) is 3.03. The maximum atomic E-state index is 12.3. The molecule has 3 rings (SSSR count). The maximum Gasteiger partial charge on any atom is 0.226 e. The molecule has 104 valence electrons. The van der Waals surface area contributed by atoms with Crippen LogP contribution in [0.15, 0.2) is 42.7 Å². The molecule has 0 aliphatic carbocycles. The molecule has 4 heteroatoms. The van der Waals surface area contributed by atoms with E-state index in [2.05, 4.69) is 9.97 Å². The highest BCUT2D eigenvalue weighted by Gasteiger charge is 2.24. The number of hydrogen-bond donors (Lipinski definition) is 1. The van der Waals surface area contributed by atoms with Crippen LogP contribution in [-0.4, -0.2) is 33.9 Å². The first-order chi connectivity index (χ1) is 9.83. The molecule has 1 amide bonds. The van der Waals surface area contributed by atoms with E-state index in [4.69, 9.17) is 0 Å². The van der Waals surface area contributed by atoms with E-state index >= 15 is 0 Å². The summed E-state index contributed by atoms with van der Waals surface area (Å²) in [6, 6.07) is 9.95. The molecule has 1 fully saturated rings. The number of carbonyl (C=O) groups is 1. The summed E-state index contributed by atoms with van der Waals surface area (Å²) in [6.07, 6.45) is 6.15. The molecular weight excluding hydrogens is 250 g/mol. The number of carbonyl (C=O) groups excluding carboxylic acids is 1. The molecular formula is C16H19N3O. The van der Waals surface area contributed by atoms with E-state index in [-0.39, 0.29) is 5.91 Å². The normalized spacial score (nSPS) is 16.3. The number of nitrogens with one attached hydrogen (secondary N) is 1. The second kappa shape index (κ2) is 5.90. The molecule has 1 aromatic heterocycles. The first-order valence-electron chi connectivity index (χ1n) is 7.14. The first kappa shape index (κ1) is 12.9. The third-order valence-electron chi connectivity index (χ3n) is 3.95. The highest BCUT2D eigenvalue weighted by molar-refractivity contribution is 5.78. The van der Waals surface area contributed by atoms with Crippen LogP contribution in [-0.2, 0) is 11.2 Å². The lowest BCUT2D eigenvalue weighted by Crippen LogP contribution is -2.38. The number of aromatic nitrogens is 2. The van der Waals surface area contributed by atoms with Crippen molar-refractivity contribution < 1.29 is 4.79 Å². The smallest absolute Gasteiger partial charge is 0.226 e. The predicted octanol–water partition coefficient (Wildman–Crippen LogP) is 2.36. The van der Waals surface area contributed by atoms with Crippen molar-refractivity contribution in [3.8, 4) is 0 Å². The topological polar surface area (TPSA) is 49.0 Å². The second-order valence-corrected chi connectivity index (χ2v) is 5.29. The van der Waals surface area contributed by atoms with Crippen molar-refractivity contribution in [1.29, 1.82) is 0 Å². The van der Waals surface area contributed by atoms with Gasteiger partial charge in [0.1, 0.15) is 5.82 Å². The zero-order chi connectivity index (χ0) is 13.8. The van der Waals surface area contributed by atoms with Gasteiger partial charge in [0, 0.05) is 31.4 Å². The molecule has 20 heavy (non-hydrogen) atoms. The van der Waals surface area contributed by atoms with Gasteiger partial charge in [-0.1, -0.05) is 30.3 Å². The molecule has 0 saturated carbocycles. The largest absolute Gasteiger partial charge is 0.348 e. The Hall–Kier alpha value is -2.10. The van der Waals surface area contributed by atoms with Gasteiger partial charge in [-0.05, 0) is 18.4 Å². The number of piperidine rings is 1. The van der Waals surface area contributed by atoms with Crippen molar-refractivity contribution in [3.05, 3.63) is 54.1 Å². The Morgan fingerprint density at radius 3 is 2.65 bits per heavy atom. The Morgan fingerprint density at radius 2 is 2.00 bits per heavy atom. The summed E-state index contributed by atoms with van der Waals surface area (Å²) >= 11 is 0. The van der Waals surface area contributed by atoms with Crippen LogP contribution in [0.2, 0.25) is 0 Å². The summed E-state index contributed by atoms with van der Waals surface area (Å²) in [4.78, 5) is 21.7. The molecule has 0 atom stereocenters. The Bertz CT molecular complexity index is 542. The van der Waals surface area contributed by atoms with Crippen LogP contribution in [0.1, 0.15) is 30.1 Å². The Kier molecular flexibility index (Phi) is 3.81. The number of benzene rings is 1. The van der Waals surface area contributed by atoms with Crippen LogP contribution in [0.5, 0.6) is 0 Å². The van der Waals surface area contributed by atoms with Gasteiger partial charge in [0.15, 0.2) is 0 Å². The van der Waals surface area contributed by atoms with E-state index in [1.807, 2.05) is 41.4 Å². The fraction of sp³-hybridized carbons (Fsp3) is 0.375. The van der Waals surface area contributed by atoms with Gasteiger partial charge in [-0.3, -0.25) is 4.79 Å². The Balaban J connectivity index is 1.54. The van der Waals surface area contributed by atoms with Gasteiger partial charge in [0.05, 0.1) is 6.42 Å². The van der Waals surface area contributed by atoms with E-state index in [0.29, 0.717) is 12.3 Å². The summed E-state index contributed by atoms with van der Waals surface area (Å²) in [5, 5.41) is 0. The summed E-state index contributed by atoms with van der Waals surface area (Å²) in [7, 11) is 0. The van der Waals surface area contributed by atoms with E-state index < -0.39 is 0 Å². The lowest BCUT2D eigenvalue weighted by molar-refractivity contribution is -0.131. The average molecular weight is 269 g/mol. The molecule has 2 heterocycles. The molecule has 0 bridgehead atoms. The van der Waals surface area contributed by atoms with Crippen molar-refractivity contribution in [2.24, 2.45) is 0 Å². The highest BCUT2D eigenvalue weighted by Crippen LogP contribution is 2.25. The minimum atomic E-state index is 0.231. The number of aromatic amines is 1. The molecule has 1 aliphatic heterocycles. The van der Waals surface area contributed by atoms with E-state index in [9.17, 15) is 4.79 Å². The van der Waals surface area contributed by atoms with Gasteiger partial charge in [-0.2, -0.15) is 0 Å². The zero-order valence-corrected chi connectivity index (χ0v) is 11.5. The fourth-order valence-corrected chi connectivity index (χ4v) is 2.79. The third kappa shape index (κ3) is 2.90. The number of hydrogen-bond acceptors (Lipinski definition) is 2. The first-order valence-corrected chi connectivity index (χ1v) is 7.14. The SMILES string of the molecule is O=C(Cc1ccccc1)N1CCC(c2ncc[nH]2)CC1. The maximum absolute atomic E-state index is 12.3. The zero-order valence-electron chi connectivity index (χ0n) is 11.5. The van der Waals surface area contributed by atoms with Crippen LogP contribution in [0.4, 0.5) is 0 Å². The molecule has 0 spiro atoms. The lowest BCUT2D eigenvalue weighted by atomic mass is 9.95. The highest BCUT2D eigenvalue weighted by atomic mass is 16.2. The van der Waals surface area contributed by atoms with Crippen molar-refractivity contribution in [2.45, 2.75) is 25.2 Å². The van der Waals surface area contributed by atoms with Crippen molar-refractivity contribution in [2.75, 3.05) is 13.1 Å². The number of amides is 1. The third-order valence-corrected chi connectivity index (χ3v) is 3.95. The number of imidazole rings is 1. The van der Waals surface area contributed by atoms with Gasteiger partial charge < -0.3 is 9.88 Å². The van der Waals surface area contributed by atoms with Crippen LogP contribution in [0, 0.1) is 0 Å². The van der Waals surface area contributed by atoms with Crippen molar-refractivity contribution in [3.63, 3.8) is 0 Å². The molecule has 1 aromatic carbocycles. The van der Waals surface area contributed by atoms with Crippen LogP contribution in [0.25, 0.3) is 0 Å². The number of H-pyrrole nitrogens is 1. The molecule has 0 radical (unpaired) electrons. The van der Waals surface area contributed by atoms with Gasteiger partial charge >= 0.3 is 0 Å². The molecule has 4 nitrogen and oxygen atoms in total. The minimum Gasteiger partial charge on any atom is -0.348 e. The van der Waals surface area contributed by atoms with Gasteiger partial charge in [-0.15, -0.1) is 0 Å². The van der Waals surface area contributed by atoms with Crippen molar-refractivity contribution >= 4 is 5.91 Å². The van der Waals surface area contributed by atoms with Gasteiger partial charge in [0.2, 0.25) is 5.91 Å². The standard InChI is InChI=1S/C16H19N3O/c20-15(12-13-4-2-1-3-5-13)19-10-6-14(7-11-19)16-17-8-9-18-16/h1-5,8-9,14H,6-7,10-12H2,(H,17,18). The molecule has 0 unspecified atom stereocenters. The Labute approximate surface area is 118 Å². The fourth-order valence-electron chi connectivity index (χ4n) is 2.79. The lowest BCUT2D eigenvalue weighted by Gasteiger charge is -2.31. The van der Waals surface area contributed by atoms with E-state index in [1.54, 1.807) is 6.20 Å². The second-order valence-electron chi connectivity index (χ2n) is 5.29. The quantitative estimate of drug-likeness (QED) is 0.930. The monoisotopic (exact) mass is 269 g/mol. The summed E-state index contributed by atoms with van der Waals surface area (Å²) in [5.74, 6) is 1.75. The van der Waals surface area contributed by atoms with Crippen molar-refractivity contribution in [1.82, 2.24) is 14.9 Å². The summed E-state index contributed by atoms with van der Waals surface area (Å²) in [5.41, 5.74) is 1.09.